The Morgan fingerprint density at radius 2 is 1.81 bits per heavy atom. The van der Waals surface area contributed by atoms with Gasteiger partial charge in [0.05, 0.1) is 11.6 Å². The van der Waals surface area contributed by atoms with Crippen LogP contribution in [-0.2, 0) is 13.0 Å². The summed E-state index contributed by atoms with van der Waals surface area (Å²) in [7, 11) is 0. The maximum Gasteiger partial charge on any atom is 0.241 e. The van der Waals surface area contributed by atoms with E-state index in [4.69, 9.17) is 22.6 Å². The van der Waals surface area contributed by atoms with Crippen molar-refractivity contribution in [2.45, 2.75) is 31.8 Å². The molecule has 0 amide bonds. The number of nitrogens with two attached hydrogens (primary N) is 1. The van der Waals surface area contributed by atoms with E-state index in [2.05, 4.69) is 43.6 Å². The van der Waals surface area contributed by atoms with Crippen LogP contribution in [0.15, 0.2) is 48.5 Å². The predicted molar refractivity (Wildman–Crippen MR) is 123 cm³/mol. The third-order valence-corrected chi connectivity index (χ3v) is 6.17. The minimum atomic E-state index is 0.279. The van der Waals surface area contributed by atoms with E-state index in [0.717, 1.165) is 49.9 Å². The standard InChI is InChI=1S/C23H26ClN7/c24-20-7-5-16(6-8-20)13-21(27-15-18-3-1-17(14-25)2-4-18)19-9-11-31(12-10-19)23-28-22(26)29-30-23/h1-8,19,21,27H,9-13,15H2,(H3,26,28,29,30). The van der Waals surface area contributed by atoms with Crippen molar-refractivity contribution in [2.75, 3.05) is 23.7 Å². The third kappa shape index (κ3) is 5.54. The summed E-state index contributed by atoms with van der Waals surface area (Å²) in [5.74, 6) is 1.56. The summed E-state index contributed by atoms with van der Waals surface area (Å²) < 4.78 is 0. The molecule has 31 heavy (non-hydrogen) atoms. The average Bonchev–Trinajstić information content (AvgIpc) is 3.24. The van der Waals surface area contributed by atoms with Crippen LogP contribution in [0.3, 0.4) is 0 Å². The van der Waals surface area contributed by atoms with E-state index in [-0.39, 0.29) is 5.95 Å². The largest absolute Gasteiger partial charge is 0.366 e. The number of anilines is 2. The first-order chi connectivity index (χ1) is 15.1. The molecule has 1 atom stereocenters. The van der Waals surface area contributed by atoms with Crippen molar-refractivity contribution in [3.8, 4) is 6.07 Å². The number of hydrogen-bond acceptors (Lipinski definition) is 6. The highest BCUT2D eigenvalue weighted by atomic mass is 35.5. The van der Waals surface area contributed by atoms with E-state index < -0.39 is 0 Å². The third-order valence-electron chi connectivity index (χ3n) is 5.92. The number of rotatable bonds is 7. The molecule has 4 N–H and O–H groups in total. The van der Waals surface area contributed by atoms with Crippen molar-refractivity contribution in [3.63, 3.8) is 0 Å². The van der Waals surface area contributed by atoms with Gasteiger partial charge in [0.2, 0.25) is 11.9 Å². The lowest BCUT2D eigenvalue weighted by atomic mass is 9.85. The molecule has 4 rings (SSSR count). The number of nitrogens with one attached hydrogen (secondary N) is 2. The first kappa shape index (κ1) is 21.2. The highest BCUT2D eigenvalue weighted by Gasteiger charge is 2.27. The minimum Gasteiger partial charge on any atom is -0.366 e. The molecule has 2 aromatic carbocycles. The van der Waals surface area contributed by atoms with E-state index in [1.807, 2.05) is 36.4 Å². The van der Waals surface area contributed by atoms with Crippen LogP contribution in [0, 0.1) is 17.2 Å². The maximum atomic E-state index is 9.01. The molecule has 1 aliphatic rings. The second kappa shape index (κ2) is 9.82. The topological polar surface area (TPSA) is 107 Å². The van der Waals surface area contributed by atoms with E-state index in [0.29, 0.717) is 17.5 Å². The Hall–Kier alpha value is -3.08. The fourth-order valence-electron chi connectivity index (χ4n) is 4.15. The van der Waals surface area contributed by atoms with Crippen LogP contribution >= 0.6 is 11.6 Å². The van der Waals surface area contributed by atoms with Crippen LogP contribution in [0.5, 0.6) is 0 Å². The van der Waals surface area contributed by atoms with Crippen molar-refractivity contribution < 1.29 is 0 Å². The van der Waals surface area contributed by atoms with Crippen molar-refractivity contribution in [3.05, 3.63) is 70.2 Å². The number of benzene rings is 2. The molecule has 160 valence electrons. The second-order valence-corrected chi connectivity index (χ2v) is 8.40. The van der Waals surface area contributed by atoms with Gasteiger partial charge in [0, 0.05) is 30.7 Å². The molecule has 2 heterocycles. The smallest absolute Gasteiger partial charge is 0.241 e. The zero-order chi connectivity index (χ0) is 21.6. The van der Waals surface area contributed by atoms with Gasteiger partial charge in [0.25, 0.3) is 0 Å². The number of halogens is 1. The van der Waals surface area contributed by atoms with Gasteiger partial charge in [-0.05, 0) is 60.6 Å². The molecule has 0 radical (unpaired) electrons. The Morgan fingerprint density at radius 3 is 2.42 bits per heavy atom. The molecule has 3 aromatic rings. The number of piperidine rings is 1. The number of hydrogen-bond donors (Lipinski definition) is 3. The summed E-state index contributed by atoms with van der Waals surface area (Å²) in [6.07, 6.45) is 3.05. The molecule has 1 unspecified atom stereocenters. The SMILES string of the molecule is N#Cc1ccc(CNC(Cc2ccc(Cl)cc2)C2CCN(c3nc(N)n[nH]3)CC2)cc1. The molecule has 0 aliphatic carbocycles. The lowest BCUT2D eigenvalue weighted by Gasteiger charge is -2.36. The van der Waals surface area contributed by atoms with Crippen LogP contribution in [-0.4, -0.2) is 34.3 Å². The van der Waals surface area contributed by atoms with Gasteiger partial charge in [-0.2, -0.15) is 10.2 Å². The number of nitrogen functional groups attached to an aromatic ring is 1. The highest BCUT2D eigenvalue weighted by molar-refractivity contribution is 6.30. The zero-order valence-electron chi connectivity index (χ0n) is 17.3. The van der Waals surface area contributed by atoms with Crippen molar-refractivity contribution in [2.24, 2.45) is 5.92 Å². The fourth-order valence-corrected chi connectivity index (χ4v) is 4.27. The Balaban J connectivity index is 1.42. The molecule has 0 bridgehead atoms. The molecule has 1 aliphatic heterocycles. The summed E-state index contributed by atoms with van der Waals surface area (Å²) in [6, 6.07) is 18.4. The van der Waals surface area contributed by atoms with Crippen molar-refractivity contribution in [1.29, 1.82) is 5.26 Å². The number of aromatic amines is 1. The van der Waals surface area contributed by atoms with E-state index in [1.54, 1.807) is 0 Å². The van der Waals surface area contributed by atoms with Gasteiger partial charge in [-0.1, -0.05) is 35.9 Å². The molecule has 7 nitrogen and oxygen atoms in total. The quantitative estimate of drug-likeness (QED) is 0.524. The molecular formula is C23H26ClN7. The lowest BCUT2D eigenvalue weighted by molar-refractivity contribution is 0.290. The Kier molecular flexibility index (Phi) is 6.70. The van der Waals surface area contributed by atoms with Crippen LogP contribution in [0.1, 0.15) is 29.5 Å². The number of nitrogens with zero attached hydrogens (tertiary/aromatic N) is 4. The Morgan fingerprint density at radius 1 is 1.13 bits per heavy atom. The zero-order valence-corrected chi connectivity index (χ0v) is 18.0. The van der Waals surface area contributed by atoms with Gasteiger partial charge in [-0.3, -0.25) is 0 Å². The highest BCUT2D eigenvalue weighted by Crippen LogP contribution is 2.26. The van der Waals surface area contributed by atoms with Gasteiger partial charge in [-0.15, -0.1) is 5.10 Å². The second-order valence-electron chi connectivity index (χ2n) is 7.97. The average molecular weight is 436 g/mol. The summed E-state index contributed by atoms with van der Waals surface area (Å²) in [5, 5.41) is 20.4. The molecule has 1 aromatic heterocycles. The summed E-state index contributed by atoms with van der Waals surface area (Å²) in [5.41, 5.74) is 8.78. The number of H-pyrrole nitrogens is 1. The van der Waals surface area contributed by atoms with Crippen molar-refractivity contribution in [1.82, 2.24) is 20.5 Å². The molecule has 8 heteroatoms. The molecule has 0 spiro atoms. The van der Waals surface area contributed by atoms with Crippen LogP contribution in [0.25, 0.3) is 0 Å². The van der Waals surface area contributed by atoms with Crippen LogP contribution in [0.4, 0.5) is 11.9 Å². The molecular weight excluding hydrogens is 410 g/mol. The van der Waals surface area contributed by atoms with E-state index in [1.165, 1.54) is 11.1 Å². The van der Waals surface area contributed by atoms with Gasteiger partial charge in [0.15, 0.2) is 0 Å². The monoisotopic (exact) mass is 435 g/mol. The van der Waals surface area contributed by atoms with E-state index >= 15 is 0 Å². The predicted octanol–water partition coefficient (Wildman–Crippen LogP) is 3.53. The van der Waals surface area contributed by atoms with Crippen LogP contribution < -0.4 is 16.0 Å². The number of aromatic nitrogens is 3. The Labute approximate surface area is 187 Å². The fraction of sp³-hybridized carbons (Fsp3) is 0.348. The van der Waals surface area contributed by atoms with Crippen molar-refractivity contribution >= 4 is 23.5 Å². The normalized spacial score (nSPS) is 15.5. The van der Waals surface area contributed by atoms with Gasteiger partial charge in [-0.25, -0.2) is 5.10 Å². The Bertz CT molecular complexity index is 1020. The number of nitriles is 1. The van der Waals surface area contributed by atoms with Gasteiger partial charge in [0.1, 0.15) is 0 Å². The summed E-state index contributed by atoms with van der Waals surface area (Å²) in [6.45, 7) is 2.59. The lowest BCUT2D eigenvalue weighted by Crippen LogP contribution is -2.44. The van der Waals surface area contributed by atoms with E-state index in [9.17, 15) is 0 Å². The molecule has 0 saturated carbocycles. The molecule has 1 fully saturated rings. The first-order valence-electron chi connectivity index (χ1n) is 10.5. The van der Waals surface area contributed by atoms with Gasteiger partial charge >= 0.3 is 0 Å². The summed E-state index contributed by atoms with van der Waals surface area (Å²) >= 11 is 6.07. The van der Waals surface area contributed by atoms with Crippen LogP contribution in [0.2, 0.25) is 5.02 Å². The first-order valence-corrected chi connectivity index (χ1v) is 10.9. The van der Waals surface area contributed by atoms with Gasteiger partial charge < -0.3 is 16.0 Å². The summed E-state index contributed by atoms with van der Waals surface area (Å²) in [4.78, 5) is 6.46. The minimum absolute atomic E-state index is 0.279. The molecule has 1 saturated heterocycles. The maximum absolute atomic E-state index is 9.01.